The fourth-order valence-corrected chi connectivity index (χ4v) is 2.68. The molecule has 0 spiro atoms. The lowest BCUT2D eigenvalue weighted by molar-refractivity contribution is -0.142. The van der Waals surface area contributed by atoms with Crippen molar-refractivity contribution in [3.8, 4) is 0 Å². The Hall–Kier alpha value is -0.420. The number of hydrogen-bond donors (Lipinski definition) is 4. The molecule has 0 radical (unpaired) electrons. The van der Waals surface area contributed by atoms with Crippen LogP contribution in [0.25, 0.3) is 0 Å². The summed E-state index contributed by atoms with van der Waals surface area (Å²) in [6.07, 6.45) is 0.209. The van der Waals surface area contributed by atoms with Gasteiger partial charge in [-0.15, -0.1) is 0 Å². The van der Waals surface area contributed by atoms with E-state index in [1.807, 2.05) is 0 Å². The number of hydrogen-bond acceptors (Lipinski definition) is 3. The quantitative estimate of drug-likeness (QED) is 0.472. The summed E-state index contributed by atoms with van der Waals surface area (Å²) < 4.78 is 11.0. The molecule has 5 N–H and O–H groups in total. The van der Waals surface area contributed by atoms with E-state index in [1.54, 1.807) is 6.92 Å². The average molecular weight is 225 g/mol. The van der Waals surface area contributed by atoms with Crippen LogP contribution in [-0.2, 0) is 9.36 Å². The molecule has 0 rings (SSSR count). The van der Waals surface area contributed by atoms with Crippen LogP contribution in [0.3, 0.4) is 0 Å². The third-order valence-electron chi connectivity index (χ3n) is 2.12. The van der Waals surface area contributed by atoms with Gasteiger partial charge in [0.05, 0.1) is 11.6 Å². The van der Waals surface area contributed by atoms with Crippen LogP contribution in [0.2, 0.25) is 0 Å². The van der Waals surface area contributed by atoms with Crippen LogP contribution in [0.5, 0.6) is 0 Å². The fourth-order valence-electron chi connectivity index (χ4n) is 1.39. The molecule has 84 valence electrons. The lowest BCUT2D eigenvalue weighted by Gasteiger charge is -2.23. The summed E-state index contributed by atoms with van der Waals surface area (Å²) in [6, 6.07) is 0. The molecule has 0 fully saturated rings. The van der Waals surface area contributed by atoms with Gasteiger partial charge < -0.3 is 20.6 Å². The molecule has 0 aromatic heterocycles. The Bertz CT molecular complexity index is 238. The molecule has 7 heteroatoms. The number of carboxylic acid groups (broad SMARTS) is 1. The second-order valence-electron chi connectivity index (χ2n) is 3.09. The summed E-state index contributed by atoms with van der Waals surface area (Å²) in [7, 11) is -4.38. The third-order valence-corrected chi connectivity index (χ3v) is 3.60. The summed E-state index contributed by atoms with van der Waals surface area (Å²) >= 11 is 0. The first-order chi connectivity index (χ1) is 6.34. The van der Waals surface area contributed by atoms with E-state index in [-0.39, 0.29) is 19.4 Å². The van der Waals surface area contributed by atoms with Gasteiger partial charge in [-0.1, -0.05) is 6.92 Å². The van der Waals surface area contributed by atoms with Gasteiger partial charge in [0.2, 0.25) is 0 Å². The molecule has 14 heavy (non-hydrogen) atoms. The van der Waals surface area contributed by atoms with Gasteiger partial charge in [0.15, 0.2) is 0 Å². The zero-order valence-electron chi connectivity index (χ0n) is 7.96. The van der Waals surface area contributed by atoms with Crippen LogP contribution in [0, 0.1) is 5.92 Å². The van der Waals surface area contributed by atoms with E-state index in [0.717, 1.165) is 0 Å². The highest BCUT2D eigenvalue weighted by Gasteiger charge is 2.38. The maximum absolute atomic E-state index is 11.0. The highest BCUT2D eigenvalue weighted by Crippen LogP contribution is 2.47. The first-order valence-corrected chi connectivity index (χ1v) is 6.00. The summed E-state index contributed by atoms with van der Waals surface area (Å²) in [5.74, 6) is -2.21. The molecule has 0 aliphatic heterocycles. The van der Waals surface area contributed by atoms with Gasteiger partial charge in [-0.25, -0.2) is 0 Å². The van der Waals surface area contributed by atoms with Crippen molar-refractivity contribution in [3.63, 3.8) is 0 Å². The molecule has 0 amide bonds. The highest BCUT2D eigenvalue weighted by molar-refractivity contribution is 7.52. The van der Waals surface area contributed by atoms with Gasteiger partial charge in [-0.3, -0.25) is 9.36 Å². The molecule has 6 nitrogen and oxygen atoms in total. The Balaban J connectivity index is 4.79. The topological polar surface area (TPSA) is 121 Å². The van der Waals surface area contributed by atoms with Crippen LogP contribution < -0.4 is 5.73 Å². The standard InChI is InChI=1S/C7H16NO5P/c1-2-5(7(9)10)6(3-4-8)14(11,12)13/h5-6H,2-4,8H2,1H3,(H,9,10)(H2,11,12,13). The summed E-state index contributed by atoms with van der Waals surface area (Å²) in [6.45, 7) is 1.65. The van der Waals surface area contributed by atoms with Crippen LogP contribution >= 0.6 is 7.60 Å². The zero-order valence-corrected chi connectivity index (χ0v) is 8.85. The van der Waals surface area contributed by atoms with E-state index in [4.69, 9.17) is 20.6 Å². The minimum absolute atomic E-state index is 0.0229. The highest BCUT2D eigenvalue weighted by atomic mass is 31.2. The molecular formula is C7H16NO5P. The fraction of sp³-hybridized carbons (Fsp3) is 0.857. The molecule has 0 saturated carbocycles. The van der Waals surface area contributed by atoms with E-state index in [0.29, 0.717) is 0 Å². The summed E-state index contributed by atoms with van der Waals surface area (Å²) in [5.41, 5.74) is 4.01. The van der Waals surface area contributed by atoms with Crippen LogP contribution in [0.15, 0.2) is 0 Å². The maximum atomic E-state index is 11.0. The minimum Gasteiger partial charge on any atom is -0.481 e. The van der Waals surface area contributed by atoms with E-state index in [2.05, 4.69) is 0 Å². The first-order valence-electron chi connectivity index (χ1n) is 4.32. The van der Waals surface area contributed by atoms with Crippen molar-refractivity contribution in [1.29, 1.82) is 0 Å². The van der Waals surface area contributed by atoms with Crippen molar-refractivity contribution >= 4 is 13.6 Å². The SMILES string of the molecule is CCC(C(=O)O)C(CCN)P(=O)(O)O. The molecule has 0 aliphatic carbocycles. The molecule has 0 aromatic rings. The smallest absolute Gasteiger partial charge is 0.329 e. The molecule has 0 aliphatic rings. The first kappa shape index (κ1) is 13.6. The molecule has 2 atom stereocenters. The molecule has 2 unspecified atom stereocenters. The van der Waals surface area contributed by atoms with E-state index in [1.165, 1.54) is 0 Å². The molecule has 0 bridgehead atoms. The van der Waals surface area contributed by atoms with Gasteiger partial charge in [0.1, 0.15) is 0 Å². The predicted molar refractivity (Wildman–Crippen MR) is 50.9 cm³/mol. The van der Waals surface area contributed by atoms with Crippen LogP contribution in [0.4, 0.5) is 0 Å². The van der Waals surface area contributed by atoms with Gasteiger partial charge in [-0.2, -0.15) is 0 Å². The average Bonchev–Trinajstić information content (AvgIpc) is 2.02. The molecule has 0 saturated heterocycles. The normalized spacial score (nSPS) is 16.3. The Kier molecular flexibility index (Phi) is 5.29. The number of nitrogens with two attached hydrogens (primary N) is 1. The van der Waals surface area contributed by atoms with Crippen molar-refractivity contribution < 1.29 is 24.3 Å². The van der Waals surface area contributed by atoms with E-state index < -0.39 is 25.1 Å². The third kappa shape index (κ3) is 3.75. The van der Waals surface area contributed by atoms with Crippen molar-refractivity contribution in [2.45, 2.75) is 25.4 Å². The van der Waals surface area contributed by atoms with Crippen molar-refractivity contribution in [2.75, 3.05) is 6.54 Å². The van der Waals surface area contributed by atoms with Gasteiger partial charge in [-0.05, 0) is 19.4 Å². The number of carbonyl (C=O) groups is 1. The predicted octanol–water partition coefficient (Wildman–Crippen LogP) is -0.00770. The second-order valence-corrected chi connectivity index (χ2v) is 4.93. The Morgan fingerprint density at radius 2 is 2.00 bits per heavy atom. The van der Waals surface area contributed by atoms with E-state index >= 15 is 0 Å². The minimum atomic E-state index is -4.38. The Labute approximate surface area is 82.3 Å². The van der Waals surface area contributed by atoms with Crippen LogP contribution in [-0.4, -0.2) is 33.1 Å². The van der Waals surface area contributed by atoms with Crippen LogP contribution in [0.1, 0.15) is 19.8 Å². The molecule has 0 heterocycles. The second kappa shape index (κ2) is 5.46. The Morgan fingerprint density at radius 1 is 1.50 bits per heavy atom. The monoisotopic (exact) mass is 225 g/mol. The van der Waals surface area contributed by atoms with E-state index in [9.17, 15) is 9.36 Å². The summed E-state index contributed by atoms with van der Waals surface area (Å²) in [5, 5.41) is 8.75. The van der Waals surface area contributed by atoms with Crippen molar-refractivity contribution in [2.24, 2.45) is 11.7 Å². The zero-order chi connectivity index (χ0) is 11.4. The lowest BCUT2D eigenvalue weighted by Crippen LogP contribution is -2.29. The lowest BCUT2D eigenvalue weighted by atomic mass is 10.00. The van der Waals surface area contributed by atoms with Gasteiger partial charge in [0.25, 0.3) is 0 Å². The Morgan fingerprint density at radius 3 is 2.21 bits per heavy atom. The number of aliphatic carboxylic acids is 1. The van der Waals surface area contributed by atoms with Gasteiger partial charge >= 0.3 is 13.6 Å². The molecule has 0 aromatic carbocycles. The number of rotatable bonds is 6. The van der Waals surface area contributed by atoms with Gasteiger partial charge in [0, 0.05) is 0 Å². The molecular weight excluding hydrogens is 209 g/mol. The number of carboxylic acids is 1. The summed E-state index contributed by atoms with van der Waals surface area (Å²) in [4.78, 5) is 28.6. The van der Waals surface area contributed by atoms with Crippen molar-refractivity contribution in [3.05, 3.63) is 0 Å². The maximum Gasteiger partial charge on any atom is 0.329 e. The van der Waals surface area contributed by atoms with Crippen molar-refractivity contribution in [1.82, 2.24) is 0 Å². The largest absolute Gasteiger partial charge is 0.481 e.